The Morgan fingerprint density at radius 1 is 1.07 bits per heavy atom. The number of para-hydroxylation sites is 2. The number of ether oxygens (including phenoxy) is 1. The molecular formula is C20H16F3N3O3. The van der Waals surface area contributed by atoms with Crippen LogP contribution in [0.4, 0.5) is 18.9 Å². The van der Waals surface area contributed by atoms with E-state index < -0.39 is 35.9 Å². The van der Waals surface area contributed by atoms with Crippen LogP contribution in [-0.4, -0.2) is 28.3 Å². The van der Waals surface area contributed by atoms with E-state index in [0.717, 1.165) is 17.8 Å². The van der Waals surface area contributed by atoms with Gasteiger partial charge >= 0.3 is 12.1 Å². The molecule has 0 saturated heterocycles. The molecule has 0 bridgehead atoms. The first-order chi connectivity index (χ1) is 13.8. The zero-order valence-electron chi connectivity index (χ0n) is 15.2. The van der Waals surface area contributed by atoms with Gasteiger partial charge in [-0.05, 0) is 31.2 Å². The molecule has 6 nitrogen and oxygen atoms in total. The molecule has 0 aliphatic carbocycles. The van der Waals surface area contributed by atoms with E-state index in [2.05, 4.69) is 10.4 Å². The number of nitrogens with zero attached hydrogens (tertiary/aromatic N) is 2. The maximum absolute atomic E-state index is 13.0. The number of nitrogens with one attached hydrogen (secondary N) is 1. The minimum absolute atomic E-state index is 0.150. The minimum Gasteiger partial charge on any atom is -0.452 e. The fraction of sp³-hybridized carbons (Fsp3) is 0.150. The monoisotopic (exact) mass is 403 g/mol. The summed E-state index contributed by atoms with van der Waals surface area (Å²) >= 11 is 0. The summed E-state index contributed by atoms with van der Waals surface area (Å²) in [5, 5.41) is 6.24. The lowest BCUT2D eigenvalue weighted by molar-refractivity contribution is -0.137. The maximum atomic E-state index is 13.0. The van der Waals surface area contributed by atoms with Gasteiger partial charge in [-0.1, -0.05) is 30.3 Å². The number of benzene rings is 2. The molecule has 0 atom stereocenters. The van der Waals surface area contributed by atoms with Crippen LogP contribution in [0, 0.1) is 6.92 Å². The van der Waals surface area contributed by atoms with E-state index in [1.54, 1.807) is 19.1 Å². The Morgan fingerprint density at radius 3 is 2.41 bits per heavy atom. The summed E-state index contributed by atoms with van der Waals surface area (Å²) in [5.41, 5.74) is 0.000654. The van der Waals surface area contributed by atoms with E-state index in [0.29, 0.717) is 5.69 Å². The van der Waals surface area contributed by atoms with Crippen molar-refractivity contribution in [1.82, 2.24) is 9.78 Å². The lowest BCUT2D eigenvalue weighted by Crippen LogP contribution is -2.23. The Labute approximate surface area is 163 Å². The predicted molar refractivity (Wildman–Crippen MR) is 98.7 cm³/mol. The number of carbonyl (C=O) groups excluding carboxylic acids is 2. The molecule has 2 aromatic carbocycles. The predicted octanol–water partition coefficient (Wildman–Crippen LogP) is 4.00. The molecule has 150 valence electrons. The number of rotatable bonds is 5. The summed E-state index contributed by atoms with van der Waals surface area (Å²) in [6.45, 7) is 0.928. The van der Waals surface area contributed by atoms with Crippen molar-refractivity contribution in [3.8, 4) is 5.69 Å². The van der Waals surface area contributed by atoms with Crippen LogP contribution in [0.15, 0.2) is 60.8 Å². The second kappa shape index (κ2) is 8.17. The van der Waals surface area contributed by atoms with Crippen molar-refractivity contribution >= 4 is 17.6 Å². The Bertz CT molecular complexity index is 1030. The molecule has 1 N–H and O–H groups in total. The summed E-state index contributed by atoms with van der Waals surface area (Å²) < 4.78 is 45.4. The molecule has 0 saturated carbocycles. The highest BCUT2D eigenvalue weighted by atomic mass is 19.4. The SMILES string of the molecule is Cc1c(C(=O)OCC(=O)Nc2ccccc2C(F)(F)F)cnn1-c1ccccc1. The molecule has 0 fully saturated rings. The number of hydrogen-bond acceptors (Lipinski definition) is 4. The van der Waals surface area contributed by atoms with Gasteiger partial charge in [-0.25, -0.2) is 9.48 Å². The standard InChI is InChI=1S/C20H16F3N3O3/c1-13-15(11-24-26(13)14-7-3-2-4-8-14)19(28)29-12-18(27)25-17-10-6-5-9-16(17)20(21,22)23/h2-11H,12H2,1H3,(H,25,27). The number of alkyl halides is 3. The van der Waals surface area contributed by atoms with Crippen LogP contribution in [0.2, 0.25) is 0 Å². The van der Waals surface area contributed by atoms with Crippen LogP contribution in [0.5, 0.6) is 0 Å². The van der Waals surface area contributed by atoms with Gasteiger partial charge in [0.1, 0.15) is 5.56 Å². The van der Waals surface area contributed by atoms with E-state index >= 15 is 0 Å². The Morgan fingerprint density at radius 2 is 1.72 bits per heavy atom. The van der Waals surface area contributed by atoms with Gasteiger partial charge < -0.3 is 10.1 Å². The summed E-state index contributed by atoms with van der Waals surface area (Å²) in [6, 6.07) is 13.6. The highest BCUT2D eigenvalue weighted by Crippen LogP contribution is 2.34. The number of esters is 1. The van der Waals surface area contributed by atoms with Crippen LogP contribution < -0.4 is 5.32 Å². The van der Waals surface area contributed by atoms with E-state index in [4.69, 9.17) is 4.74 Å². The molecule has 1 heterocycles. The maximum Gasteiger partial charge on any atom is 0.418 e. The first-order valence-electron chi connectivity index (χ1n) is 8.50. The molecule has 0 aliphatic rings. The topological polar surface area (TPSA) is 73.2 Å². The molecule has 1 aromatic heterocycles. The van der Waals surface area contributed by atoms with Crippen molar-refractivity contribution < 1.29 is 27.5 Å². The Balaban J connectivity index is 1.65. The van der Waals surface area contributed by atoms with Crippen molar-refractivity contribution in [2.45, 2.75) is 13.1 Å². The average molecular weight is 403 g/mol. The second-order valence-corrected chi connectivity index (χ2v) is 6.06. The van der Waals surface area contributed by atoms with Crippen molar-refractivity contribution in [3.05, 3.63) is 77.6 Å². The normalized spacial score (nSPS) is 11.2. The molecular weight excluding hydrogens is 387 g/mol. The average Bonchev–Trinajstić information content (AvgIpc) is 3.08. The van der Waals surface area contributed by atoms with Gasteiger partial charge in [0.05, 0.1) is 28.8 Å². The first-order valence-corrected chi connectivity index (χ1v) is 8.50. The van der Waals surface area contributed by atoms with Gasteiger partial charge in [0.25, 0.3) is 5.91 Å². The molecule has 29 heavy (non-hydrogen) atoms. The highest BCUT2D eigenvalue weighted by Gasteiger charge is 2.33. The lowest BCUT2D eigenvalue weighted by Gasteiger charge is -2.13. The number of hydrogen-bond donors (Lipinski definition) is 1. The van der Waals surface area contributed by atoms with Crippen LogP contribution >= 0.6 is 0 Å². The molecule has 0 aliphatic heterocycles. The van der Waals surface area contributed by atoms with Gasteiger partial charge in [0, 0.05) is 0 Å². The molecule has 3 rings (SSSR count). The second-order valence-electron chi connectivity index (χ2n) is 6.06. The first kappa shape index (κ1) is 20.1. The third kappa shape index (κ3) is 4.63. The summed E-state index contributed by atoms with van der Waals surface area (Å²) in [6.07, 6.45) is -3.31. The molecule has 0 radical (unpaired) electrons. The smallest absolute Gasteiger partial charge is 0.418 e. The van der Waals surface area contributed by atoms with Crippen LogP contribution in [0.3, 0.4) is 0 Å². The van der Waals surface area contributed by atoms with Crippen LogP contribution in [-0.2, 0) is 15.7 Å². The fourth-order valence-electron chi connectivity index (χ4n) is 2.67. The zero-order chi connectivity index (χ0) is 21.0. The molecule has 1 amide bonds. The Hall–Kier alpha value is -3.62. The third-order valence-electron chi connectivity index (χ3n) is 4.07. The van der Waals surface area contributed by atoms with E-state index in [1.807, 2.05) is 18.2 Å². The van der Waals surface area contributed by atoms with Gasteiger partial charge in [-0.2, -0.15) is 18.3 Å². The van der Waals surface area contributed by atoms with Crippen molar-refractivity contribution in [3.63, 3.8) is 0 Å². The number of aromatic nitrogens is 2. The molecule has 0 unspecified atom stereocenters. The number of halogens is 3. The largest absolute Gasteiger partial charge is 0.452 e. The number of carbonyl (C=O) groups is 2. The van der Waals surface area contributed by atoms with Gasteiger partial charge in [-0.15, -0.1) is 0 Å². The van der Waals surface area contributed by atoms with Gasteiger partial charge in [-0.3, -0.25) is 4.79 Å². The van der Waals surface area contributed by atoms with Gasteiger partial charge in [0.15, 0.2) is 6.61 Å². The molecule has 3 aromatic rings. The van der Waals surface area contributed by atoms with E-state index in [9.17, 15) is 22.8 Å². The van der Waals surface area contributed by atoms with E-state index in [1.165, 1.54) is 23.0 Å². The van der Waals surface area contributed by atoms with E-state index in [-0.39, 0.29) is 5.56 Å². The van der Waals surface area contributed by atoms with Crippen molar-refractivity contribution in [1.29, 1.82) is 0 Å². The van der Waals surface area contributed by atoms with Crippen LogP contribution in [0.1, 0.15) is 21.6 Å². The summed E-state index contributed by atoms with van der Waals surface area (Å²) in [7, 11) is 0. The highest BCUT2D eigenvalue weighted by molar-refractivity contribution is 5.96. The molecule has 0 spiro atoms. The zero-order valence-corrected chi connectivity index (χ0v) is 15.2. The third-order valence-corrected chi connectivity index (χ3v) is 4.07. The van der Waals surface area contributed by atoms with Gasteiger partial charge in [0.2, 0.25) is 0 Å². The quantitative estimate of drug-likeness (QED) is 0.654. The number of amides is 1. The fourth-order valence-corrected chi connectivity index (χ4v) is 2.67. The summed E-state index contributed by atoms with van der Waals surface area (Å²) in [4.78, 5) is 24.2. The van der Waals surface area contributed by atoms with Crippen molar-refractivity contribution in [2.24, 2.45) is 0 Å². The Kier molecular flexibility index (Phi) is 5.67. The lowest BCUT2D eigenvalue weighted by atomic mass is 10.1. The van der Waals surface area contributed by atoms with Crippen molar-refractivity contribution in [2.75, 3.05) is 11.9 Å². The number of anilines is 1. The molecule has 9 heteroatoms. The van der Waals surface area contributed by atoms with Crippen LogP contribution in [0.25, 0.3) is 5.69 Å². The minimum atomic E-state index is -4.62. The summed E-state index contributed by atoms with van der Waals surface area (Å²) in [5.74, 6) is -1.69.